The van der Waals surface area contributed by atoms with E-state index in [1.165, 1.54) is 6.07 Å². The number of piperidine rings is 1. The lowest BCUT2D eigenvalue weighted by molar-refractivity contribution is -0.129. The molecule has 0 unspecified atom stereocenters. The number of hydrogen-bond donors (Lipinski definition) is 2. The average molecular weight is 390 g/mol. The summed E-state index contributed by atoms with van der Waals surface area (Å²) in [5.41, 5.74) is 0.531. The standard InChI is InChI=1S/C18H22N4O4S/c23-16(20-12-8-9-12)11-19-18(24)14-6-3-4-10-22(14)17-13-5-1-2-7-15(13)27(25,26)21-17/h1-2,5,7,12,14H,3-4,6,8-11H2,(H,19,24)(H,20,23)/t14-/m0/s1. The van der Waals surface area contributed by atoms with E-state index in [9.17, 15) is 18.0 Å². The number of amides is 2. The van der Waals surface area contributed by atoms with Crippen LogP contribution in [0.2, 0.25) is 0 Å². The lowest BCUT2D eigenvalue weighted by Gasteiger charge is -2.36. The minimum atomic E-state index is -3.74. The molecule has 3 aliphatic rings. The second kappa shape index (κ2) is 6.95. The zero-order chi connectivity index (χ0) is 19.0. The zero-order valence-corrected chi connectivity index (χ0v) is 15.7. The summed E-state index contributed by atoms with van der Waals surface area (Å²) in [5, 5.41) is 5.52. The summed E-state index contributed by atoms with van der Waals surface area (Å²) < 4.78 is 28.6. The van der Waals surface area contributed by atoms with Gasteiger partial charge in [0.05, 0.1) is 6.54 Å². The van der Waals surface area contributed by atoms with E-state index in [0.29, 0.717) is 24.4 Å². The second-order valence-electron chi connectivity index (χ2n) is 7.15. The van der Waals surface area contributed by atoms with Crippen LogP contribution in [0, 0.1) is 0 Å². The van der Waals surface area contributed by atoms with Gasteiger partial charge < -0.3 is 15.5 Å². The first kappa shape index (κ1) is 18.0. The number of carbonyl (C=O) groups excluding carboxylic acids is 2. The fraction of sp³-hybridized carbons (Fsp3) is 0.500. The monoisotopic (exact) mass is 390 g/mol. The Kier molecular flexibility index (Phi) is 4.63. The van der Waals surface area contributed by atoms with E-state index in [1.54, 1.807) is 23.1 Å². The summed E-state index contributed by atoms with van der Waals surface area (Å²) >= 11 is 0. The normalized spacial score (nSPS) is 23.3. The quantitative estimate of drug-likeness (QED) is 0.773. The van der Waals surface area contributed by atoms with Crippen molar-refractivity contribution in [1.29, 1.82) is 0 Å². The van der Waals surface area contributed by atoms with Gasteiger partial charge in [-0.1, -0.05) is 12.1 Å². The fourth-order valence-electron chi connectivity index (χ4n) is 3.54. The predicted octanol–water partition coefficient (Wildman–Crippen LogP) is 0.385. The van der Waals surface area contributed by atoms with E-state index in [0.717, 1.165) is 25.7 Å². The van der Waals surface area contributed by atoms with Crippen molar-refractivity contribution in [3.63, 3.8) is 0 Å². The summed E-state index contributed by atoms with van der Waals surface area (Å²) in [4.78, 5) is 26.5. The van der Waals surface area contributed by atoms with E-state index in [-0.39, 0.29) is 29.3 Å². The van der Waals surface area contributed by atoms with Gasteiger partial charge in [0, 0.05) is 18.2 Å². The number of nitrogens with zero attached hydrogens (tertiary/aromatic N) is 2. The molecule has 0 bridgehead atoms. The molecule has 27 heavy (non-hydrogen) atoms. The minimum absolute atomic E-state index is 0.0684. The van der Waals surface area contributed by atoms with Crippen molar-refractivity contribution in [2.24, 2.45) is 4.40 Å². The molecule has 4 rings (SSSR count). The summed E-state index contributed by atoms with van der Waals surface area (Å²) in [6.07, 6.45) is 4.29. The van der Waals surface area contributed by atoms with Crippen LogP contribution in [0.4, 0.5) is 0 Å². The molecular weight excluding hydrogens is 368 g/mol. The van der Waals surface area contributed by atoms with Crippen LogP contribution < -0.4 is 10.6 Å². The molecule has 8 nitrogen and oxygen atoms in total. The van der Waals surface area contributed by atoms with E-state index >= 15 is 0 Å². The molecule has 1 saturated heterocycles. The third kappa shape index (κ3) is 3.69. The lowest BCUT2D eigenvalue weighted by atomic mass is 9.99. The van der Waals surface area contributed by atoms with Crippen LogP contribution in [0.3, 0.4) is 0 Å². The molecule has 9 heteroatoms. The Balaban J connectivity index is 1.51. The summed E-state index contributed by atoms with van der Waals surface area (Å²) in [7, 11) is -3.74. The Morgan fingerprint density at radius 3 is 2.70 bits per heavy atom. The van der Waals surface area contributed by atoms with Crippen molar-refractivity contribution in [3.8, 4) is 0 Å². The number of hydrogen-bond acceptors (Lipinski definition) is 5. The summed E-state index contributed by atoms with van der Waals surface area (Å²) in [5.74, 6) is -0.141. The molecule has 1 aromatic rings. The smallest absolute Gasteiger partial charge is 0.285 e. The first-order valence-electron chi connectivity index (χ1n) is 9.24. The fourth-order valence-corrected chi connectivity index (χ4v) is 4.76. The molecule has 2 heterocycles. The van der Waals surface area contributed by atoms with Gasteiger partial charge in [-0.25, -0.2) is 0 Å². The van der Waals surface area contributed by atoms with Gasteiger partial charge in [0.25, 0.3) is 10.0 Å². The maximum Gasteiger partial charge on any atom is 0.285 e. The van der Waals surface area contributed by atoms with Crippen LogP contribution in [0.15, 0.2) is 33.6 Å². The molecule has 1 aromatic carbocycles. The molecule has 0 radical (unpaired) electrons. The van der Waals surface area contributed by atoms with Crippen molar-refractivity contribution < 1.29 is 18.0 Å². The van der Waals surface area contributed by atoms with Crippen LogP contribution in [0.5, 0.6) is 0 Å². The van der Waals surface area contributed by atoms with Crippen molar-refractivity contribution in [2.45, 2.75) is 49.1 Å². The molecule has 1 aliphatic carbocycles. The highest BCUT2D eigenvalue weighted by molar-refractivity contribution is 7.90. The van der Waals surface area contributed by atoms with Gasteiger partial charge in [-0.3, -0.25) is 9.59 Å². The molecule has 0 aromatic heterocycles. The highest BCUT2D eigenvalue weighted by Crippen LogP contribution is 2.30. The first-order chi connectivity index (χ1) is 13.0. The van der Waals surface area contributed by atoms with Crippen molar-refractivity contribution in [1.82, 2.24) is 15.5 Å². The number of nitrogens with one attached hydrogen (secondary N) is 2. The predicted molar refractivity (Wildman–Crippen MR) is 98.7 cm³/mol. The Bertz CT molecular complexity index is 908. The van der Waals surface area contributed by atoms with Gasteiger partial charge in [-0.2, -0.15) is 8.42 Å². The Hall–Kier alpha value is -2.42. The number of fused-ring (bicyclic) bond motifs is 1. The SMILES string of the molecule is O=C(CNC(=O)[C@@H]1CCCCN1C1=NS(=O)(=O)c2ccccc21)NC1CC1. The molecule has 1 saturated carbocycles. The van der Waals surface area contributed by atoms with Gasteiger partial charge in [-0.05, 0) is 44.2 Å². The van der Waals surface area contributed by atoms with Gasteiger partial charge in [0.2, 0.25) is 11.8 Å². The molecule has 2 fully saturated rings. The Morgan fingerprint density at radius 2 is 1.93 bits per heavy atom. The second-order valence-corrected chi connectivity index (χ2v) is 8.72. The maximum atomic E-state index is 12.7. The van der Waals surface area contributed by atoms with Crippen LogP contribution in [-0.2, 0) is 19.6 Å². The van der Waals surface area contributed by atoms with Gasteiger partial charge in [-0.15, -0.1) is 4.40 Å². The Morgan fingerprint density at radius 1 is 1.15 bits per heavy atom. The molecule has 2 amide bonds. The lowest BCUT2D eigenvalue weighted by Crippen LogP contribution is -2.53. The third-order valence-corrected chi connectivity index (χ3v) is 6.38. The van der Waals surface area contributed by atoms with Crippen molar-refractivity contribution >= 4 is 27.7 Å². The molecule has 0 spiro atoms. The average Bonchev–Trinajstić information content (AvgIpc) is 3.43. The third-order valence-electron chi connectivity index (χ3n) is 5.06. The summed E-state index contributed by atoms with van der Waals surface area (Å²) in [6.45, 7) is 0.482. The van der Waals surface area contributed by atoms with Crippen LogP contribution >= 0.6 is 0 Å². The summed E-state index contributed by atoms with van der Waals surface area (Å²) in [6, 6.07) is 6.38. The number of carbonyl (C=O) groups is 2. The topological polar surface area (TPSA) is 108 Å². The highest BCUT2D eigenvalue weighted by atomic mass is 32.2. The van der Waals surface area contributed by atoms with Crippen LogP contribution in [0.25, 0.3) is 0 Å². The largest absolute Gasteiger partial charge is 0.352 e. The van der Waals surface area contributed by atoms with Crippen LogP contribution in [0.1, 0.15) is 37.7 Å². The minimum Gasteiger partial charge on any atom is -0.352 e. The van der Waals surface area contributed by atoms with Gasteiger partial charge >= 0.3 is 0 Å². The van der Waals surface area contributed by atoms with E-state index in [1.807, 2.05) is 0 Å². The van der Waals surface area contributed by atoms with Gasteiger partial charge in [0.1, 0.15) is 10.9 Å². The van der Waals surface area contributed by atoms with E-state index in [4.69, 9.17) is 0 Å². The van der Waals surface area contributed by atoms with Crippen molar-refractivity contribution in [2.75, 3.05) is 13.1 Å². The molecule has 2 N–H and O–H groups in total. The maximum absolute atomic E-state index is 12.7. The number of amidine groups is 1. The zero-order valence-electron chi connectivity index (χ0n) is 14.8. The van der Waals surface area contributed by atoms with E-state index < -0.39 is 16.1 Å². The molecule has 144 valence electrons. The van der Waals surface area contributed by atoms with Gasteiger partial charge in [0.15, 0.2) is 5.84 Å². The number of likely N-dealkylation sites (tertiary alicyclic amines) is 1. The number of sulfonamides is 1. The first-order valence-corrected chi connectivity index (χ1v) is 10.7. The number of rotatable bonds is 4. The number of benzene rings is 1. The van der Waals surface area contributed by atoms with Crippen molar-refractivity contribution in [3.05, 3.63) is 29.8 Å². The van der Waals surface area contributed by atoms with Crippen LogP contribution in [-0.4, -0.2) is 56.1 Å². The molecule has 1 atom stereocenters. The highest BCUT2D eigenvalue weighted by Gasteiger charge is 2.38. The molecule has 2 aliphatic heterocycles. The van der Waals surface area contributed by atoms with E-state index in [2.05, 4.69) is 15.0 Å². The molecular formula is C18H22N4O4S. The Labute approximate surface area is 158 Å².